The van der Waals surface area contributed by atoms with Crippen molar-refractivity contribution in [1.29, 1.82) is 5.26 Å². The van der Waals surface area contributed by atoms with Crippen LogP contribution in [0.5, 0.6) is 0 Å². The minimum Gasteiger partial charge on any atom is -0.315 e. The number of rotatable bonds is 3. The summed E-state index contributed by atoms with van der Waals surface area (Å²) in [6, 6.07) is 2.90. The maximum atomic E-state index is 8.63. The first-order chi connectivity index (χ1) is 5.74. The second-order valence-electron chi connectivity index (χ2n) is 3.62. The van der Waals surface area contributed by atoms with Crippen molar-refractivity contribution in [3.05, 3.63) is 0 Å². The molecule has 12 heavy (non-hydrogen) atoms. The van der Waals surface area contributed by atoms with Gasteiger partial charge < -0.3 is 10.2 Å². The van der Waals surface area contributed by atoms with Gasteiger partial charge in [0.1, 0.15) is 0 Å². The monoisotopic (exact) mass is 167 g/mol. The second-order valence-corrected chi connectivity index (χ2v) is 3.62. The van der Waals surface area contributed by atoms with Gasteiger partial charge in [0, 0.05) is 19.1 Å². The molecule has 3 heteroatoms. The Morgan fingerprint density at radius 3 is 3.00 bits per heavy atom. The molecule has 0 bridgehead atoms. The summed E-state index contributed by atoms with van der Waals surface area (Å²) < 4.78 is 0. The lowest BCUT2D eigenvalue weighted by Gasteiger charge is -2.24. The molecule has 1 heterocycles. The van der Waals surface area contributed by atoms with Crippen LogP contribution in [0.3, 0.4) is 0 Å². The Morgan fingerprint density at radius 1 is 1.75 bits per heavy atom. The molecule has 1 rings (SSSR count). The Morgan fingerprint density at radius 2 is 2.50 bits per heavy atom. The van der Waals surface area contributed by atoms with Crippen LogP contribution >= 0.6 is 0 Å². The minimum absolute atomic E-state index is 0.149. The molecule has 0 aliphatic carbocycles. The fourth-order valence-electron chi connectivity index (χ4n) is 1.64. The van der Waals surface area contributed by atoms with Crippen molar-refractivity contribution in [2.45, 2.75) is 19.4 Å². The van der Waals surface area contributed by atoms with Gasteiger partial charge in [0.05, 0.1) is 12.0 Å². The van der Waals surface area contributed by atoms with E-state index in [0.717, 1.165) is 19.6 Å². The highest BCUT2D eigenvalue weighted by Crippen LogP contribution is 2.07. The van der Waals surface area contributed by atoms with E-state index in [-0.39, 0.29) is 5.92 Å². The Bertz CT molecular complexity index is 167. The third kappa shape index (κ3) is 2.47. The number of hydrogen-bond donors (Lipinski definition) is 1. The molecule has 0 aromatic heterocycles. The fourth-order valence-corrected chi connectivity index (χ4v) is 1.64. The first-order valence-corrected chi connectivity index (χ1v) is 4.54. The van der Waals surface area contributed by atoms with E-state index in [2.05, 4.69) is 23.3 Å². The SMILES string of the molecule is CC(C#N)CN(C)C1CCNC1. The molecule has 2 atom stereocenters. The van der Waals surface area contributed by atoms with Crippen molar-refractivity contribution in [1.82, 2.24) is 10.2 Å². The molecule has 68 valence electrons. The summed E-state index contributed by atoms with van der Waals surface area (Å²) in [5, 5.41) is 12.0. The summed E-state index contributed by atoms with van der Waals surface area (Å²) in [7, 11) is 2.10. The van der Waals surface area contributed by atoms with Crippen molar-refractivity contribution in [2.75, 3.05) is 26.7 Å². The quantitative estimate of drug-likeness (QED) is 0.663. The van der Waals surface area contributed by atoms with Crippen LogP contribution in [0.15, 0.2) is 0 Å². The molecule has 3 nitrogen and oxygen atoms in total. The van der Waals surface area contributed by atoms with E-state index < -0.39 is 0 Å². The minimum atomic E-state index is 0.149. The Hall–Kier alpha value is -0.590. The Balaban J connectivity index is 2.27. The van der Waals surface area contributed by atoms with Crippen LogP contribution in [-0.2, 0) is 0 Å². The van der Waals surface area contributed by atoms with Gasteiger partial charge in [-0.05, 0) is 26.9 Å². The van der Waals surface area contributed by atoms with E-state index in [1.165, 1.54) is 6.42 Å². The van der Waals surface area contributed by atoms with E-state index in [4.69, 9.17) is 5.26 Å². The largest absolute Gasteiger partial charge is 0.315 e. The summed E-state index contributed by atoms with van der Waals surface area (Å²) in [5.41, 5.74) is 0. The predicted octanol–water partition coefficient (Wildman–Crippen LogP) is 0.440. The highest BCUT2D eigenvalue weighted by atomic mass is 15.2. The molecule has 0 saturated carbocycles. The number of hydrogen-bond acceptors (Lipinski definition) is 3. The van der Waals surface area contributed by atoms with Gasteiger partial charge in [0.2, 0.25) is 0 Å². The standard InChI is InChI=1S/C9H17N3/c1-8(5-10)7-12(2)9-3-4-11-6-9/h8-9,11H,3-4,6-7H2,1-2H3. The average Bonchev–Trinajstić information content (AvgIpc) is 2.56. The zero-order chi connectivity index (χ0) is 8.97. The van der Waals surface area contributed by atoms with Gasteiger partial charge in [0.25, 0.3) is 0 Å². The second kappa shape index (κ2) is 4.44. The van der Waals surface area contributed by atoms with Gasteiger partial charge >= 0.3 is 0 Å². The summed E-state index contributed by atoms with van der Waals surface area (Å²) >= 11 is 0. The number of likely N-dealkylation sites (N-methyl/N-ethyl adjacent to an activating group) is 1. The molecular formula is C9H17N3. The molecule has 2 unspecified atom stereocenters. The Kier molecular flexibility index (Phi) is 3.51. The predicted molar refractivity (Wildman–Crippen MR) is 48.7 cm³/mol. The van der Waals surface area contributed by atoms with Gasteiger partial charge in [0.15, 0.2) is 0 Å². The first kappa shape index (κ1) is 9.50. The van der Waals surface area contributed by atoms with Crippen molar-refractivity contribution < 1.29 is 0 Å². The van der Waals surface area contributed by atoms with Crippen molar-refractivity contribution in [3.63, 3.8) is 0 Å². The molecule has 0 radical (unpaired) electrons. The van der Waals surface area contributed by atoms with Crippen LogP contribution in [0, 0.1) is 17.2 Å². The van der Waals surface area contributed by atoms with E-state index >= 15 is 0 Å². The van der Waals surface area contributed by atoms with E-state index in [1.807, 2.05) is 6.92 Å². The van der Waals surface area contributed by atoms with E-state index in [0.29, 0.717) is 6.04 Å². The summed E-state index contributed by atoms with van der Waals surface area (Å²) in [6.45, 7) is 5.06. The Labute approximate surface area is 74.4 Å². The highest BCUT2D eigenvalue weighted by molar-refractivity contribution is 4.85. The maximum Gasteiger partial charge on any atom is 0.0666 e. The number of nitriles is 1. The lowest BCUT2D eigenvalue weighted by atomic mass is 10.1. The molecule has 0 amide bonds. The normalized spacial score (nSPS) is 25.7. The van der Waals surface area contributed by atoms with E-state index in [1.54, 1.807) is 0 Å². The third-order valence-electron chi connectivity index (χ3n) is 2.44. The average molecular weight is 167 g/mol. The maximum absolute atomic E-state index is 8.63. The molecule has 1 saturated heterocycles. The number of nitrogens with zero attached hydrogens (tertiary/aromatic N) is 2. The fraction of sp³-hybridized carbons (Fsp3) is 0.889. The molecule has 1 aliphatic heterocycles. The van der Waals surface area contributed by atoms with Crippen molar-refractivity contribution in [3.8, 4) is 6.07 Å². The molecular weight excluding hydrogens is 150 g/mol. The molecule has 1 aliphatic rings. The molecule has 1 fully saturated rings. The lowest BCUT2D eigenvalue weighted by Crippen LogP contribution is -2.36. The zero-order valence-corrected chi connectivity index (χ0v) is 7.88. The van der Waals surface area contributed by atoms with Gasteiger partial charge in [-0.2, -0.15) is 5.26 Å². The smallest absolute Gasteiger partial charge is 0.0666 e. The summed E-state index contributed by atoms with van der Waals surface area (Å²) in [6.07, 6.45) is 1.22. The van der Waals surface area contributed by atoms with Crippen LogP contribution in [-0.4, -0.2) is 37.6 Å². The van der Waals surface area contributed by atoms with Gasteiger partial charge in [-0.15, -0.1) is 0 Å². The highest BCUT2D eigenvalue weighted by Gasteiger charge is 2.19. The van der Waals surface area contributed by atoms with Gasteiger partial charge in [-0.3, -0.25) is 0 Å². The van der Waals surface area contributed by atoms with Crippen molar-refractivity contribution in [2.24, 2.45) is 5.92 Å². The summed E-state index contributed by atoms with van der Waals surface area (Å²) in [4.78, 5) is 2.29. The first-order valence-electron chi connectivity index (χ1n) is 4.54. The third-order valence-corrected chi connectivity index (χ3v) is 2.44. The molecule has 0 aromatic carbocycles. The van der Waals surface area contributed by atoms with Crippen LogP contribution in [0.1, 0.15) is 13.3 Å². The molecule has 1 N–H and O–H groups in total. The van der Waals surface area contributed by atoms with Crippen LogP contribution < -0.4 is 5.32 Å². The topological polar surface area (TPSA) is 39.1 Å². The molecule has 0 aromatic rings. The summed E-state index contributed by atoms with van der Waals surface area (Å²) in [5.74, 6) is 0.149. The van der Waals surface area contributed by atoms with Gasteiger partial charge in [-0.1, -0.05) is 0 Å². The lowest BCUT2D eigenvalue weighted by molar-refractivity contribution is 0.240. The van der Waals surface area contributed by atoms with Crippen LogP contribution in [0.2, 0.25) is 0 Å². The number of nitrogens with one attached hydrogen (secondary N) is 1. The van der Waals surface area contributed by atoms with Crippen molar-refractivity contribution >= 4 is 0 Å². The van der Waals surface area contributed by atoms with Crippen LogP contribution in [0.4, 0.5) is 0 Å². The zero-order valence-electron chi connectivity index (χ0n) is 7.88. The van der Waals surface area contributed by atoms with Gasteiger partial charge in [-0.25, -0.2) is 0 Å². The van der Waals surface area contributed by atoms with E-state index in [9.17, 15) is 0 Å². The molecule has 0 spiro atoms. The van der Waals surface area contributed by atoms with Crippen LogP contribution in [0.25, 0.3) is 0 Å².